The molecule has 2 rings (SSSR count). The first-order valence-corrected chi connectivity index (χ1v) is 11.6. The van der Waals surface area contributed by atoms with E-state index in [0.29, 0.717) is 12.2 Å². The summed E-state index contributed by atoms with van der Waals surface area (Å²) in [4.78, 5) is 42.0. The largest absolute Gasteiger partial charge is 0.366 e. The number of rotatable bonds is 4. The number of halogens is 1. The van der Waals surface area contributed by atoms with E-state index in [1.54, 1.807) is 32.9 Å². The standard InChI is InChI=1S/C23H31FN4O5S/c1-4-16-21(30)28-20(13(2)3)23(32)33-14(7-5-6-10-34)11-19(29)25-12-18-15(24)8-9-17(26-18)22(31)27-16/h4-5,7-9,13-14,20,23,32,34H,6,10-12H2,1-3H3,(H,25,29)(H,27,31)(H,28,30)/b7-5+,16-4-/t14-,20+,23?/m1/s1. The van der Waals surface area contributed by atoms with Crippen LogP contribution in [0.25, 0.3) is 0 Å². The normalized spacial score (nSPS) is 24.3. The molecular weight excluding hydrogens is 463 g/mol. The van der Waals surface area contributed by atoms with Crippen molar-refractivity contribution in [2.45, 2.75) is 58.6 Å². The number of hydrogen-bond donors (Lipinski definition) is 5. The molecule has 1 aliphatic heterocycles. The highest BCUT2D eigenvalue weighted by Gasteiger charge is 2.29. The number of allylic oxidation sites excluding steroid dienone is 2. The predicted octanol–water partition coefficient (Wildman–Crippen LogP) is 1.59. The van der Waals surface area contributed by atoms with Crippen LogP contribution in [0.4, 0.5) is 4.39 Å². The van der Waals surface area contributed by atoms with E-state index in [1.165, 1.54) is 12.1 Å². The average molecular weight is 495 g/mol. The number of fused-ring (bicyclic) bond motifs is 2. The summed E-state index contributed by atoms with van der Waals surface area (Å²) in [5.74, 6) is -2.21. The van der Waals surface area contributed by atoms with Crippen LogP contribution in [0.15, 0.2) is 36.1 Å². The molecule has 9 nitrogen and oxygen atoms in total. The fraction of sp³-hybridized carbons (Fsp3) is 0.478. The second kappa shape index (κ2) is 13.2. The molecule has 2 heterocycles. The number of nitrogens with zero attached hydrogens (tertiary/aromatic N) is 1. The Hall–Kier alpha value is -2.76. The number of thiol groups is 1. The van der Waals surface area contributed by atoms with E-state index < -0.39 is 42.0 Å². The molecule has 4 N–H and O–H groups in total. The minimum absolute atomic E-state index is 0.0684. The van der Waals surface area contributed by atoms with Gasteiger partial charge < -0.3 is 25.8 Å². The number of aromatic nitrogens is 1. The van der Waals surface area contributed by atoms with Gasteiger partial charge >= 0.3 is 0 Å². The molecule has 3 amide bonds. The van der Waals surface area contributed by atoms with Crippen LogP contribution in [-0.4, -0.2) is 52.0 Å². The Morgan fingerprint density at radius 1 is 1.29 bits per heavy atom. The van der Waals surface area contributed by atoms with E-state index in [0.717, 1.165) is 6.07 Å². The molecule has 0 spiro atoms. The maximum absolute atomic E-state index is 14.2. The molecular formula is C23H31FN4O5S. The number of nitrogens with one attached hydrogen (secondary N) is 3. The lowest BCUT2D eigenvalue weighted by atomic mass is 10.0. The number of pyridine rings is 1. The summed E-state index contributed by atoms with van der Waals surface area (Å²) in [7, 11) is 0. The van der Waals surface area contributed by atoms with E-state index in [9.17, 15) is 23.9 Å². The van der Waals surface area contributed by atoms with Crippen LogP contribution >= 0.6 is 12.6 Å². The second-order valence-electron chi connectivity index (χ2n) is 8.01. The number of aliphatic hydroxyl groups is 1. The minimum Gasteiger partial charge on any atom is -0.366 e. The van der Waals surface area contributed by atoms with Gasteiger partial charge in [-0.2, -0.15) is 12.6 Å². The number of ether oxygens (including phenoxy) is 1. The highest BCUT2D eigenvalue weighted by atomic mass is 32.1. The fourth-order valence-electron chi connectivity index (χ4n) is 3.16. The third-order valence-electron chi connectivity index (χ3n) is 5.06. The molecule has 0 radical (unpaired) electrons. The fourth-order valence-corrected chi connectivity index (χ4v) is 3.31. The van der Waals surface area contributed by atoms with Crippen molar-refractivity contribution < 1.29 is 28.6 Å². The third kappa shape index (κ3) is 7.93. The van der Waals surface area contributed by atoms with E-state index in [4.69, 9.17) is 4.74 Å². The van der Waals surface area contributed by atoms with Crippen molar-refractivity contribution in [1.29, 1.82) is 0 Å². The number of amides is 3. The van der Waals surface area contributed by atoms with Crippen molar-refractivity contribution in [3.8, 4) is 0 Å². The van der Waals surface area contributed by atoms with Crippen molar-refractivity contribution in [2.24, 2.45) is 5.92 Å². The van der Waals surface area contributed by atoms with Gasteiger partial charge in [0.2, 0.25) is 5.91 Å². The first-order chi connectivity index (χ1) is 16.2. The summed E-state index contributed by atoms with van der Waals surface area (Å²) >= 11 is 4.15. The Morgan fingerprint density at radius 2 is 2.03 bits per heavy atom. The van der Waals surface area contributed by atoms with Gasteiger partial charge in [-0.15, -0.1) is 0 Å². The van der Waals surface area contributed by atoms with Crippen molar-refractivity contribution in [3.05, 3.63) is 53.3 Å². The maximum atomic E-state index is 14.2. The zero-order chi connectivity index (χ0) is 25.3. The number of aliphatic hydroxyl groups excluding tert-OH is 1. The van der Waals surface area contributed by atoms with Crippen molar-refractivity contribution in [1.82, 2.24) is 20.9 Å². The highest BCUT2D eigenvalue weighted by molar-refractivity contribution is 7.80. The Kier molecular flexibility index (Phi) is 10.7. The Bertz CT molecular complexity index is 953. The van der Waals surface area contributed by atoms with E-state index in [-0.39, 0.29) is 36.0 Å². The zero-order valence-electron chi connectivity index (χ0n) is 19.4. The molecule has 2 bridgehead atoms. The summed E-state index contributed by atoms with van der Waals surface area (Å²) in [6.07, 6.45) is 3.00. The van der Waals surface area contributed by atoms with E-state index >= 15 is 0 Å². The summed E-state index contributed by atoms with van der Waals surface area (Å²) in [6.45, 7) is 4.87. The van der Waals surface area contributed by atoms with Gasteiger partial charge in [-0.1, -0.05) is 32.1 Å². The third-order valence-corrected chi connectivity index (χ3v) is 5.31. The lowest BCUT2D eigenvalue weighted by molar-refractivity contribution is -0.157. The van der Waals surface area contributed by atoms with Crippen molar-refractivity contribution >= 4 is 30.4 Å². The molecule has 0 aromatic carbocycles. The minimum atomic E-state index is -1.45. The molecule has 0 aliphatic carbocycles. The van der Waals surface area contributed by atoms with E-state index in [1.807, 2.05) is 0 Å². The van der Waals surface area contributed by atoms with Gasteiger partial charge in [-0.3, -0.25) is 14.4 Å². The average Bonchev–Trinajstić information content (AvgIpc) is 2.79. The Balaban J connectivity index is 2.42. The van der Waals surface area contributed by atoms with Crippen LogP contribution in [0, 0.1) is 11.7 Å². The van der Waals surface area contributed by atoms with Crippen LogP contribution < -0.4 is 16.0 Å². The zero-order valence-corrected chi connectivity index (χ0v) is 20.3. The topological polar surface area (TPSA) is 130 Å². The molecule has 0 fully saturated rings. The van der Waals surface area contributed by atoms with Crippen LogP contribution in [0.2, 0.25) is 0 Å². The molecule has 1 aromatic heterocycles. The molecule has 186 valence electrons. The molecule has 34 heavy (non-hydrogen) atoms. The molecule has 0 saturated carbocycles. The summed E-state index contributed by atoms with van der Waals surface area (Å²) < 4.78 is 19.9. The lowest BCUT2D eigenvalue weighted by Gasteiger charge is -2.30. The van der Waals surface area contributed by atoms with Crippen molar-refractivity contribution in [2.75, 3.05) is 5.75 Å². The predicted molar refractivity (Wildman–Crippen MR) is 127 cm³/mol. The Morgan fingerprint density at radius 3 is 2.68 bits per heavy atom. The molecule has 1 unspecified atom stereocenters. The number of carbonyl (C=O) groups is 3. The quantitative estimate of drug-likeness (QED) is 0.246. The van der Waals surface area contributed by atoms with Gasteiger partial charge in [0.1, 0.15) is 17.2 Å². The van der Waals surface area contributed by atoms with Gasteiger partial charge in [0.15, 0.2) is 6.29 Å². The van der Waals surface area contributed by atoms with Crippen LogP contribution in [0.1, 0.15) is 49.8 Å². The highest BCUT2D eigenvalue weighted by Crippen LogP contribution is 2.15. The Labute approximate surface area is 203 Å². The van der Waals surface area contributed by atoms with Gasteiger partial charge in [-0.25, -0.2) is 9.37 Å². The number of carbonyl (C=O) groups excluding carboxylic acids is 3. The van der Waals surface area contributed by atoms with E-state index in [2.05, 4.69) is 33.6 Å². The van der Waals surface area contributed by atoms with Crippen LogP contribution in [-0.2, 0) is 20.9 Å². The van der Waals surface area contributed by atoms with Crippen LogP contribution in [0.5, 0.6) is 0 Å². The number of hydrogen-bond acceptors (Lipinski definition) is 7. The maximum Gasteiger partial charge on any atom is 0.274 e. The van der Waals surface area contributed by atoms with Crippen LogP contribution in [0.3, 0.4) is 0 Å². The SMILES string of the molecule is C/C=C1\NC(=O)c2ccc(F)c(n2)CNC(=O)C[C@@H](/C=C/CCS)OC(O)[C@H](C(C)C)NC1=O. The van der Waals surface area contributed by atoms with Gasteiger partial charge in [-0.05, 0) is 37.1 Å². The van der Waals surface area contributed by atoms with Gasteiger partial charge in [0.05, 0.1) is 30.8 Å². The summed E-state index contributed by atoms with van der Waals surface area (Å²) in [5, 5.41) is 18.4. The van der Waals surface area contributed by atoms with Gasteiger partial charge in [0, 0.05) is 0 Å². The molecule has 11 heteroatoms. The first kappa shape index (κ1) is 27.5. The lowest BCUT2D eigenvalue weighted by Crippen LogP contribution is -2.50. The van der Waals surface area contributed by atoms with Crippen molar-refractivity contribution in [3.63, 3.8) is 0 Å². The summed E-state index contributed by atoms with van der Waals surface area (Å²) in [6, 6.07) is 1.41. The monoisotopic (exact) mass is 494 g/mol. The molecule has 3 atom stereocenters. The molecule has 1 aromatic rings. The first-order valence-electron chi connectivity index (χ1n) is 11.0. The smallest absolute Gasteiger partial charge is 0.274 e. The second-order valence-corrected chi connectivity index (χ2v) is 8.46. The van der Waals surface area contributed by atoms with Gasteiger partial charge in [0.25, 0.3) is 11.8 Å². The summed E-state index contributed by atoms with van der Waals surface area (Å²) in [5.41, 5.74) is -0.329. The molecule has 0 saturated heterocycles. The molecule has 1 aliphatic rings.